The number of terminal acetylenes is 1. The van der Waals surface area contributed by atoms with Crippen LogP contribution in [-0.4, -0.2) is 70.2 Å². The van der Waals surface area contributed by atoms with E-state index in [9.17, 15) is 28.7 Å². The van der Waals surface area contributed by atoms with Gasteiger partial charge in [-0.3, -0.25) is 18.9 Å². The minimum Gasteiger partial charge on any atom is -0.389 e. The van der Waals surface area contributed by atoms with E-state index in [0.29, 0.717) is 4.57 Å². The number of alkyl halides is 1. The van der Waals surface area contributed by atoms with Gasteiger partial charge in [-0.2, -0.15) is 4.31 Å². The lowest BCUT2D eigenvalue weighted by Crippen LogP contribution is -2.56. The number of rotatable bonds is 6. The average Bonchev–Trinajstić information content (AvgIpc) is 2.75. The number of phosphoric acid groups is 2. The van der Waals surface area contributed by atoms with Crippen molar-refractivity contribution in [3.63, 3.8) is 0 Å². The number of aliphatic hydroxyl groups excluding tert-OH is 1. The van der Waals surface area contributed by atoms with Crippen LogP contribution in [0.4, 0.5) is 4.39 Å². The lowest BCUT2D eigenvalue weighted by Gasteiger charge is -2.39. The number of nitrogens with zero attached hydrogens (tertiary/aromatic N) is 1. The van der Waals surface area contributed by atoms with Crippen molar-refractivity contribution in [2.24, 2.45) is 0 Å². The molecule has 0 bridgehead atoms. The van der Waals surface area contributed by atoms with Crippen molar-refractivity contribution in [1.29, 1.82) is 0 Å². The minimum absolute atomic E-state index is 0.326. The van der Waals surface area contributed by atoms with E-state index in [2.05, 4.69) is 8.83 Å². The van der Waals surface area contributed by atoms with E-state index < -0.39 is 56.3 Å². The third-order valence-electron chi connectivity index (χ3n) is 4.47. The highest BCUT2D eigenvalue weighted by Crippen LogP contribution is 2.61. The Morgan fingerprint density at radius 1 is 1.40 bits per heavy atom. The molecule has 13 nitrogen and oxygen atoms in total. The van der Waals surface area contributed by atoms with E-state index in [1.807, 2.05) is 10.9 Å². The van der Waals surface area contributed by atoms with Crippen molar-refractivity contribution in [2.75, 3.05) is 0 Å². The van der Waals surface area contributed by atoms with Gasteiger partial charge in [-0.25, -0.2) is 18.3 Å². The van der Waals surface area contributed by atoms with Gasteiger partial charge in [-0.1, -0.05) is 5.92 Å². The summed E-state index contributed by atoms with van der Waals surface area (Å²) in [6, 6.07) is 0. The van der Waals surface area contributed by atoms with Crippen LogP contribution < -0.4 is 11.2 Å². The smallest absolute Gasteiger partial charge is 0.389 e. The molecule has 1 unspecified atom stereocenters. The molecule has 1 aliphatic heterocycles. The van der Waals surface area contributed by atoms with Gasteiger partial charge in [-0.15, -0.1) is 6.42 Å². The molecule has 19 heteroatoms. The van der Waals surface area contributed by atoms with E-state index in [-0.39, 0.29) is 5.56 Å². The Labute approximate surface area is 170 Å². The number of hydrogen-bond acceptors (Lipinski definition) is 8. The molecule has 0 aliphatic carbocycles. The fraction of sp³-hybridized carbons (Fsp3) is 0.455. The first-order valence-electron chi connectivity index (χ1n) is 8.06. The van der Waals surface area contributed by atoms with Gasteiger partial charge in [0.25, 0.3) is 5.56 Å². The molecule has 30 heavy (non-hydrogen) atoms. The number of H-pyrrole nitrogens is 1. The average molecular weight is 466 g/mol. The molecule has 1 aromatic heterocycles. The predicted molar refractivity (Wildman–Crippen MR) is 105 cm³/mol. The highest BCUT2D eigenvalue weighted by atomic mass is 31.3. The molecule has 4 atom stereocenters. The second kappa shape index (κ2) is 7.60. The van der Waals surface area contributed by atoms with E-state index in [0.717, 1.165) is 29.7 Å². The largest absolute Gasteiger partial charge is 0.480 e. The van der Waals surface area contributed by atoms with Crippen molar-refractivity contribution in [2.45, 2.75) is 29.4 Å². The van der Waals surface area contributed by atoms with Crippen LogP contribution in [0.15, 0.2) is 15.8 Å². The van der Waals surface area contributed by atoms with Crippen LogP contribution in [0.25, 0.3) is 0 Å². The fourth-order valence-electron chi connectivity index (χ4n) is 2.86. The lowest BCUT2D eigenvalue weighted by atomic mass is 9.60. The van der Waals surface area contributed by atoms with Crippen molar-refractivity contribution in [3.05, 3.63) is 32.6 Å². The summed E-state index contributed by atoms with van der Waals surface area (Å²) >= 11 is 0. The summed E-state index contributed by atoms with van der Waals surface area (Å²) in [5, 5.41) is 7.99. The molecule has 5 N–H and O–H groups in total. The summed E-state index contributed by atoms with van der Waals surface area (Å²) in [7, 11) is -8.12. The second-order valence-corrected chi connectivity index (χ2v) is 9.82. The summed E-state index contributed by atoms with van der Waals surface area (Å²) in [5.41, 5.74) is -4.48. The Balaban J connectivity index is 2.46. The molecule has 162 valence electrons. The topological polar surface area (TPSA) is 198 Å². The van der Waals surface area contributed by atoms with Gasteiger partial charge in [-0.05, 0) is 0 Å². The number of aromatic amines is 1. The van der Waals surface area contributed by atoms with Crippen molar-refractivity contribution in [1.82, 2.24) is 9.55 Å². The van der Waals surface area contributed by atoms with Crippen molar-refractivity contribution in [3.8, 4) is 12.3 Å². The molecular formula is C11H16B3FN2O11P2. The maximum atomic E-state index is 15.7. The number of hydrogen-bond donors (Lipinski definition) is 5. The summed E-state index contributed by atoms with van der Waals surface area (Å²) in [6.45, 7) is 0. The standard InChI is InChI=1S/C11H16B3FN2O11P2/c1-2-5-4-17(8(20)16-7(5)19)10(12)6(18)3-9(15,26-10)11(13,14)27-30(24,25)28-29(21,22)23/h1,4,6,18H,3,12-14H2,(H,24,25)(H,16,19,20)(H2,21,22,23)/t6-,9+,10+/m1/s1. The molecule has 0 radical (unpaired) electrons. The Morgan fingerprint density at radius 2 is 1.97 bits per heavy atom. The number of nitrogens with one attached hydrogen (secondary N) is 1. The van der Waals surface area contributed by atoms with E-state index in [4.69, 9.17) is 20.9 Å². The minimum atomic E-state index is -5.50. The van der Waals surface area contributed by atoms with Crippen LogP contribution in [0.5, 0.6) is 0 Å². The number of phosphoric ester groups is 1. The summed E-state index contributed by atoms with van der Waals surface area (Å²) in [6.07, 6.45) is 3.35. The maximum Gasteiger partial charge on any atom is 0.480 e. The Kier molecular flexibility index (Phi) is 6.28. The third kappa shape index (κ3) is 4.73. The first kappa shape index (κ1) is 24.8. The summed E-state index contributed by atoms with van der Waals surface area (Å²) < 4.78 is 52.4. The molecule has 0 aromatic carbocycles. The molecular weight excluding hydrogens is 450 g/mol. The number of ether oxygens (including phenoxy) is 1. The van der Waals surface area contributed by atoms with E-state index >= 15 is 4.39 Å². The zero-order valence-electron chi connectivity index (χ0n) is 15.8. The lowest BCUT2D eigenvalue weighted by molar-refractivity contribution is -0.219. The summed E-state index contributed by atoms with van der Waals surface area (Å²) in [5.74, 6) is -1.08. The molecule has 0 amide bonds. The molecule has 2 heterocycles. The number of aliphatic hydroxyl groups is 1. The van der Waals surface area contributed by atoms with Crippen molar-refractivity contribution >= 4 is 39.2 Å². The van der Waals surface area contributed by atoms with Crippen LogP contribution in [0.2, 0.25) is 0 Å². The number of aromatic nitrogens is 2. The molecule has 1 aliphatic rings. The predicted octanol–water partition coefficient (Wildman–Crippen LogP) is -4.65. The molecule has 1 aromatic rings. The first-order chi connectivity index (χ1) is 13.4. The van der Waals surface area contributed by atoms with E-state index in [1.54, 1.807) is 0 Å². The van der Waals surface area contributed by atoms with Gasteiger partial charge >= 0.3 is 21.3 Å². The molecule has 1 saturated heterocycles. The third-order valence-corrected chi connectivity index (χ3v) is 6.83. The van der Waals surface area contributed by atoms with Gasteiger partial charge in [0.1, 0.15) is 26.9 Å². The van der Waals surface area contributed by atoms with Gasteiger partial charge < -0.3 is 24.5 Å². The summed E-state index contributed by atoms with van der Waals surface area (Å²) in [4.78, 5) is 52.6. The van der Waals surface area contributed by atoms with Crippen LogP contribution in [-0.2, 0) is 28.3 Å². The molecule has 1 fully saturated rings. The highest BCUT2D eigenvalue weighted by Gasteiger charge is 2.63. The second-order valence-electron chi connectivity index (χ2n) is 7.06. The zero-order valence-corrected chi connectivity index (χ0v) is 17.6. The van der Waals surface area contributed by atoms with Crippen LogP contribution >= 0.6 is 15.6 Å². The Morgan fingerprint density at radius 3 is 2.47 bits per heavy atom. The quantitative estimate of drug-likeness (QED) is 0.154. The maximum absolute atomic E-state index is 15.7. The van der Waals surface area contributed by atoms with Crippen LogP contribution in [0.1, 0.15) is 12.0 Å². The van der Waals surface area contributed by atoms with Gasteiger partial charge in [0, 0.05) is 12.6 Å². The Hall–Kier alpha value is -1.46. The zero-order chi connectivity index (χ0) is 23.3. The molecule has 0 saturated carbocycles. The molecule has 0 spiro atoms. The van der Waals surface area contributed by atoms with E-state index in [1.165, 1.54) is 0 Å². The fourth-order valence-corrected chi connectivity index (χ4v) is 4.79. The normalized spacial score (nSPS) is 29.3. The van der Waals surface area contributed by atoms with Crippen molar-refractivity contribution < 1.29 is 46.9 Å². The van der Waals surface area contributed by atoms with Gasteiger partial charge in [0.05, 0.1) is 11.5 Å². The number of halogens is 1. The highest BCUT2D eigenvalue weighted by molar-refractivity contribution is 7.60. The first-order valence-corrected chi connectivity index (χ1v) is 11.1. The van der Waals surface area contributed by atoms with Crippen LogP contribution in [0.3, 0.4) is 0 Å². The Bertz CT molecular complexity index is 1110. The van der Waals surface area contributed by atoms with Gasteiger partial charge in [0.2, 0.25) is 5.85 Å². The monoisotopic (exact) mass is 466 g/mol. The SMILES string of the molecule is BC(B)(OP(=O)(O)OP(=O)(O)O)[C@]1(F)C[C@@H](O)[C@](B)(n2cc(C#C)c(=O)[nH]c2=O)O1. The van der Waals surface area contributed by atoms with Gasteiger partial charge in [0.15, 0.2) is 7.85 Å². The molecule has 2 rings (SSSR count). The van der Waals surface area contributed by atoms with Crippen LogP contribution in [0, 0.1) is 12.3 Å².